The summed E-state index contributed by atoms with van der Waals surface area (Å²) in [5.74, 6) is -0.192. The lowest BCUT2D eigenvalue weighted by Gasteiger charge is -2.29. The van der Waals surface area contributed by atoms with Gasteiger partial charge in [-0.1, -0.05) is 67.4 Å². The molecule has 7 nitrogen and oxygen atoms in total. The highest BCUT2D eigenvalue weighted by atomic mass is 35.5. The van der Waals surface area contributed by atoms with Gasteiger partial charge in [0.1, 0.15) is 6.04 Å². The van der Waals surface area contributed by atoms with E-state index in [0.29, 0.717) is 11.6 Å². The number of carbonyl (C=O) groups excluding carboxylic acids is 2. The van der Waals surface area contributed by atoms with Crippen LogP contribution in [0.25, 0.3) is 0 Å². The number of sulfonamides is 1. The standard InChI is InChI=1S/C25H33Cl2N3O4S/c1-18(2)16-28-25(32)19(3)29(17-20-9-6-5-7-10-20)24(31)11-8-14-30(35(4,33)34)23-15-21(26)12-13-22(23)27/h5-7,9-10,12-13,15,18-19H,8,11,14,16-17H2,1-4H3,(H,28,32)/t19-/m0/s1. The molecular weight excluding hydrogens is 509 g/mol. The topological polar surface area (TPSA) is 86.8 Å². The van der Waals surface area contributed by atoms with Gasteiger partial charge in [0.25, 0.3) is 0 Å². The molecule has 0 radical (unpaired) electrons. The first kappa shape index (κ1) is 28.9. The van der Waals surface area contributed by atoms with E-state index in [0.717, 1.165) is 16.1 Å². The molecule has 192 valence electrons. The molecule has 2 aromatic rings. The van der Waals surface area contributed by atoms with E-state index in [4.69, 9.17) is 23.2 Å². The van der Waals surface area contributed by atoms with Crippen LogP contribution in [-0.4, -0.2) is 50.5 Å². The molecule has 0 heterocycles. The van der Waals surface area contributed by atoms with E-state index >= 15 is 0 Å². The van der Waals surface area contributed by atoms with E-state index < -0.39 is 16.1 Å². The molecule has 10 heteroatoms. The van der Waals surface area contributed by atoms with Crippen LogP contribution < -0.4 is 9.62 Å². The predicted molar refractivity (Wildman–Crippen MR) is 142 cm³/mol. The molecule has 2 amide bonds. The molecule has 2 rings (SSSR count). The first-order valence-corrected chi connectivity index (χ1v) is 14.0. The molecule has 0 aliphatic rings. The molecule has 0 fully saturated rings. The summed E-state index contributed by atoms with van der Waals surface area (Å²) in [6.45, 7) is 6.52. The molecule has 2 aromatic carbocycles. The average Bonchev–Trinajstić information content (AvgIpc) is 2.79. The molecule has 0 unspecified atom stereocenters. The Bertz CT molecular complexity index is 1110. The van der Waals surface area contributed by atoms with Gasteiger partial charge in [0, 0.05) is 31.1 Å². The smallest absolute Gasteiger partial charge is 0.242 e. The Labute approximate surface area is 218 Å². The van der Waals surface area contributed by atoms with Gasteiger partial charge in [0.2, 0.25) is 21.8 Å². The predicted octanol–water partition coefficient (Wildman–Crippen LogP) is 4.73. The van der Waals surface area contributed by atoms with E-state index in [-0.39, 0.29) is 54.4 Å². The number of nitrogens with zero attached hydrogens (tertiary/aromatic N) is 2. The van der Waals surface area contributed by atoms with Gasteiger partial charge in [-0.3, -0.25) is 13.9 Å². The summed E-state index contributed by atoms with van der Waals surface area (Å²) in [4.78, 5) is 27.5. The zero-order chi connectivity index (χ0) is 26.2. The lowest BCUT2D eigenvalue weighted by Crippen LogP contribution is -2.48. The summed E-state index contributed by atoms with van der Waals surface area (Å²) in [5, 5.41) is 3.48. The van der Waals surface area contributed by atoms with Gasteiger partial charge < -0.3 is 10.2 Å². The number of nitrogens with one attached hydrogen (secondary N) is 1. The van der Waals surface area contributed by atoms with Crippen LogP contribution in [-0.2, 0) is 26.2 Å². The van der Waals surface area contributed by atoms with Gasteiger partial charge in [0.05, 0.1) is 17.0 Å². The summed E-state index contributed by atoms with van der Waals surface area (Å²) in [5.41, 5.74) is 1.16. The Morgan fingerprint density at radius 3 is 2.29 bits per heavy atom. The zero-order valence-electron chi connectivity index (χ0n) is 20.5. The van der Waals surface area contributed by atoms with E-state index in [1.807, 2.05) is 44.2 Å². The van der Waals surface area contributed by atoms with Gasteiger partial charge in [-0.2, -0.15) is 0 Å². The first-order valence-electron chi connectivity index (χ1n) is 11.4. The highest BCUT2D eigenvalue weighted by molar-refractivity contribution is 7.92. The fourth-order valence-electron chi connectivity index (χ4n) is 3.47. The quantitative estimate of drug-likeness (QED) is 0.420. The van der Waals surface area contributed by atoms with Crippen molar-refractivity contribution >= 4 is 50.7 Å². The van der Waals surface area contributed by atoms with Gasteiger partial charge >= 0.3 is 0 Å². The molecule has 0 aromatic heterocycles. The molecule has 1 atom stereocenters. The van der Waals surface area contributed by atoms with Crippen molar-refractivity contribution in [3.63, 3.8) is 0 Å². The third-order valence-corrected chi connectivity index (χ3v) is 7.11. The summed E-state index contributed by atoms with van der Waals surface area (Å²) in [7, 11) is -3.67. The summed E-state index contributed by atoms with van der Waals surface area (Å²) in [6, 6.07) is 13.3. The number of benzene rings is 2. The minimum atomic E-state index is -3.67. The van der Waals surface area contributed by atoms with Crippen molar-refractivity contribution in [1.82, 2.24) is 10.2 Å². The third-order valence-electron chi connectivity index (χ3n) is 5.38. The number of anilines is 1. The monoisotopic (exact) mass is 541 g/mol. The lowest BCUT2D eigenvalue weighted by atomic mass is 10.1. The largest absolute Gasteiger partial charge is 0.354 e. The van der Waals surface area contributed by atoms with Gasteiger partial charge in [0.15, 0.2) is 0 Å². The Kier molecular flexibility index (Phi) is 10.9. The van der Waals surface area contributed by atoms with Crippen LogP contribution in [0.4, 0.5) is 5.69 Å². The van der Waals surface area contributed by atoms with Crippen LogP contribution in [0.15, 0.2) is 48.5 Å². The Balaban J connectivity index is 2.16. The second kappa shape index (κ2) is 13.1. The SMILES string of the molecule is CC(C)CNC(=O)[C@H](C)N(Cc1ccccc1)C(=O)CCCN(c1cc(Cl)ccc1Cl)S(C)(=O)=O. The van der Waals surface area contributed by atoms with Crippen LogP contribution >= 0.6 is 23.2 Å². The van der Waals surface area contributed by atoms with Crippen molar-refractivity contribution < 1.29 is 18.0 Å². The molecule has 0 aliphatic heterocycles. The molecule has 0 spiro atoms. The van der Waals surface area contributed by atoms with Crippen molar-refractivity contribution in [3.05, 3.63) is 64.1 Å². The second-order valence-electron chi connectivity index (χ2n) is 8.86. The fraction of sp³-hybridized carbons (Fsp3) is 0.440. The normalized spacial score (nSPS) is 12.3. The second-order valence-corrected chi connectivity index (χ2v) is 11.6. The summed E-state index contributed by atoms with van der Waals surface area (Å²) in [6.07, 6.45) is 1.37. The summed E-state index contributed by atoms with van der Waals surface area (Å²) >= 11 is 12.3. The summed E-state index contributed by atoms with van der Waals surface area (Å²) < 4.78 is 26.0. The van der Waals surface area contributed by atoms with Crippen molar-refractivity contribution in [3.8, 4) is 0 Å². The van der Waals surface area contributed by atoms with Gasteiger partial charge in [-0.15, -0.1) is 0 Å². The molecular formula is C25H33Cl2N3O4S. The van der Waals surface area contributed by atoms with E-state index in [1.165, 1.54) is 17.0 Å². The maximum Gasteiger partial charge on any atom is 0.242 e. The zero-order valence-corrected chi connectivity index (χ0v) is 22.8. The van der Waals surface area contributed by atoms with Crippen molar-refractivity contribution in [2.45, 2.75) is 46.2 Å². The van der Waals surface area contributed by atoms with Crippen LogP contribution in [0.2, 0.25) is 10.0 Å². The number of amides is 2. The van der Waals surface area contributed by atoms with E-state index in [2.05, 4.69) is 5.32 Å². The Morgan fingerprint density at radius 1 is 1.03 bits per heavy atom. The van der Waals surface area contributed by atoms with Crippen LogP contribution in [0, 0.1) is 5.92 Å². The highest BCUT2D eigenvalue weighted by Crippen LogP contribution is 2.31. The van der Waals surface area contributed by atoms with Gasteiger partial charge in [-0.25, -0.2) is 8.42 Å². The first-order chi connectivity index (χ1) is 16.4. The maximum atomic E-state index is 13.3. The Hall–Kier alpha value is -2.29. The van der Waals surface area contributed by atoms with Crippen LogP contribution in [0.3, 0.4) is 0 Å². The molecule has 1 N–H and O–H groups in total. The minimum Gasteiger partial charge on any atom is -0.354 e. The molecule has 35 heavy (non-hydrogen) atoms. The maximum absolute atomic E-state index is 13.3. The van der Waals surface area contributed by atoms with Gasteiger partial charge in [-0.05, 0) is 43.0 Å². The van der Waals surface area contributed by atoms with Crippen molar-refractivity contribution in [2.75, 3.05) is 23.7 Å². The number of carbonyl (C=O) groups is 2. The van der Waals surface area contributed by atoms with E-state index in [9.17, 15) is 18.0 Å². The van der Waals surface area contributed by atoms with Crippen LogP contribution in [0.1, 0.15) is 39.2 Å². The third kappa shape index (κ3) is 9.02. The number of hydrogen-bond acceptors (Lipinski definition) is 4. The Morgan fingerprint density at radius 2 is 1.69 bits per heavy atom. The number of hydrogen-bond donors (Lipinski definition) is 1. The highest BCUT2D eigenvalue weighted by Gasteiger charge is 2.27. The lowest BCUT2D eigenvalue weighted by molar-refractivity contribution is -0.140. The minimum absolute atomic E-state index is 0.0394. The van der Waals surface area contributed by atoms with E-state index in [1.54, 1.807) is 13.0 Å². The number of halogens is 2. The molecule has 0 bridgehead atoms. The van der Waals surface area contributed by atoms with Crippen LogP contribution in [0.5, 0.6) is 0 Å². The molecule has 0 aliphatic carbocycles. The fourth-order valence-corrected chi connectivity index (χ4v) is 4.88. The van der Waals surface area contributed by atoms with Crippen molar-refractivity contribution in [2.24, 2.45) is 5.92 Å². The number of rotatable bonds is 12. The molecule has 0 saturated heterocycles. The average molecular weight is 543 g/mol. The molecule has 0 saturated carbocycles. The van der Waals surface area contributed by atoms with Crippen molar-refractivity contribution in [1.29, 1.82) is 0 Å².